The van der Waals surface area contributed by atoms with Crippen LogP contribution >= 0.6 is 0 Å². The molecule has 0 radical (unpaired) electrons. The predicted octanol–water partition coefficient (Wildman–Crippen LogP) is 4.77. The maximum absolute atomic E-state index is 13.2. The first-order valence-electron chi connectivity index (χ1n) is 10.5. The topological polar surface area (TPSA) is 57.3 Å². The van der Waals surface area contributed by atoms with Crippen molar-refractivity contribution >= 4 is 16.7 Å². The number of halogens is 1. The summed E-state index contributed by atoms with van der Waals surface area (Å²) in [6.45, 7) is 5.69. The van der Waals surface area contributed by atoms with E-state index in [0.717, 1.165) is 54.2 Å². The van der Waals surface area contributed by atoms with E-state index in [4.69, 9.17) is 4.74 Å². The molecule has 0 saturated carbocycles. The van der Waals surface area contributed by atoms with Crippen molar-refractivity contribution < 1.29 is 9.13 Å². The second-order valence-corrected chi connectivity index (χ2v) is 7.76. The number of ether oxygens (including phenoxy) is 1. The van der Waals surface area contributed by atoms with Crippen LogP contribution < -0.4 is 9.64 Å². The number of aromatic amines is 1. The number of aromatic nitrogens is 3. The third-order valence-electron chi connectivity index (χ3n) is 5.94. The van der Waals surface area contributed by atoms with E-state index >= 15 is 0 Å². The standard InChI is InChI=1S/C24H24FN5O/c1-17(18-5-7-19(25)8-6-18)29-11-13-30(14-12-29)23-15-24(28-16-27-23)31-22-4-2-3-21-20(22)9-10-26-21/h2-10,15-17,26H,11-14H2,1H3. The number of hydrogen-bond donors (Lipinski definition) is 1. The molecule has 0 spiro atoms. The molecule has 4 aromatic rings. The van der Waals surface area contributed by atoms with Crippen LogP contribution in [0.2, 0.25) is 0 Å². The summed E-state index contributed by atoms with van der Waals surface area (Å²) in [5, 5.41) is 1.02. The van der Waals surface area contributed by atoms with E-state index < -0.39 is 0 Å². The molecule has 2 aromatic carbocycles. The predicted molar refractivity (Wildman–Crippen MR) is 119 cm³/mol. The molecule has 6 nitrogen and oxygen atoms in total. The minimum Gasteiger partial charge on any atom is -0.438 e. The molecule has 1 saturated heterocycles. The molecule has 1 aliphatic rings. The Bertz CT molecular complexity index is 1170. The number of piperazine rings is 1. The molecule has 1 atom stereocenters. The van der Waals surface area contributed by atoms with Crippen molar-refractivity contribution in [2.24, 2.45) is 0 Å². The highest BCUT2D eigenvalue weighted by Gasteiger charge is 2.23. The van der Waals surface area contributed by atoms with E-state index in [1.807, 2.05) is 48.7 Å². The van der Waals surface area contributed by atoms with Crippen LogP contribution in [0.25, 0.3) is 10.9 Å². The highest BCUT2D eigenvalue weighted by molar-refractivity contribution is 5.85. The van der Waals surface area contributed by atoms with E-state index in [9.17, 15) is 4.39 Å². The highest BCUT2D eigenvalue weighted by Crippen LogP contribution is 2.30. The van der Waals surface area contributed by atoms with Gasteiger partial charge in [0.05, 0.1) is 0 Å². The molecule has 7 heteroatoms. The number of rotatable bonds is 5. The van der Waals surface area contributed by atoms with E-state index in [1.165, 1.54) is 12.1 Å². The lowest BCUT2D eigenvalue weighted by Gasteiger charge is -2.38. The van der Waals surface area contributed by atoms with E-state index in [2.05, 4.69) is 31.7 Å². The monoisotopic (exact) mass is 417 g/mol. The van der Waals surface area contributed by atoms with Gasteiger partial charge in [-0.25, -0.2) is 14.4 Å². The number of hydrogen-bond acceptors (Lipinski definition) is 5. The average Bonchev–Trinajstić information content (AvgIpc) is 3.30. The number of anilines is 1. The Morgan fingerprint density at radius 3 is 2.61 bits per heavy atom. The largest absolute Gasteiger partial charge is 0.438 e. The number of fused-ring (bicyclic) bond motifs is 1. The van der Waals surface area contributed by atoms with Gasteiger partial charge in [-0.2, -0.15) is 0 Å². The van der Waals surface area contributed by atoms with E-state index in [1.54, 1.807) is 6.33 Å². The SMILES string of the molecule is CC(c1ccc(F)cc1)N1CCN(c2cc(Oc3cccc4[nH]ccc34)ncn2)CC1. The lowest BCUT2D eigenvalue weighted by molar-refractivity contribution is 0.198. The van der Waals surface area contributed by atoms with Crippen LogP contribution in [0.15, 0.2) is 67.1 Å². The summed E-state index contributed by atoms with van der Waals surface area (Å²) in [5.74, 6) is 1.96. The molecular weight excluding hydrogens is 393 g/mol. The zero-order chi connectivity index (χ0) is 21.2. The normalized spacial score (nSPS) is 15.9. The molecule has 0 bridgehead atoms. The Kier molecular flexibility index (Phi) is 5.26. The molecular formula is C24H24FN5O. The van der Waals surface area contributed by atoms with Gasteiger partial charge in [0.25, 0.3) is 0 Å². The average molecular weight is 417 g/mol. The molecule has 3 heterocycles. The fraction of sp³-hybridized carbons (Fsp3) is 0.250. The zero-order valence-corrected chi connectivity index (χ0v) is 17.3. The van der Waals surface area contributed by atoms with E-state index in [-0.39, 0.29) is 11.9 Å². The fourth-order valence-corrected chi connectivity index (χ4v) is 4.11. The van der Waals surface area contributed by atoms with Gasteiger partial charge in [-0.1, -0.05) is 18.2 Å². The van der Waals surface area contributed by atoms with Crippen molar-refractivity contribution in [3.8, 4) is 11.6 Å². The lowest BCUT2D eigenvalue weighted by atomic mass is 10.1. The van der Waals surface area contributed by atoms with Crippen LogP contribution in [-0.2, 0) is 0 Å². The summed E-state index contributed by atoms with van der Waals surface area (Å²) in [6.07, 6.45) is 3.45. The van der Waals surface area contributed by atoms with Crippen LogP contribution in [0.1, 0.15) is 18.5 Å². The minimum absolute atomic E-state index is 0.199. The fourth-order valence-electron chi connectivity index (χ4n) is 4.11. The Balaban J connectivity index is 1.26. The number of H-pyrrole nitrogens is 1. The number of nitrogens with zero attached hydrogens (tertiary/aromatic N) is 4. The molecule has 31 heavy (non-hydrogen) atoms. The summed E-state index contributed by atoms with van der Waals surface area (Å²) in [5.41, 5.74) is 2.16. The van der Waals surface area contributed by atoms with Gasteiger partial charge in [-0.05, 0) is 42.8 Å². The Morgan fingerprint density at radius 1 is 1.00 bits per heavy atom. The molecule has 2 aromatic heterocycles. The first-order valence-corrected chi connectivity index (χ1v) is 10.5. The molecule has 0 amide bonds. The highest BCUT2D eigenvalue weighted by atomic mass is 19.1. The van der Waals surface area contributed by atoms with Crippen molar-refractivity contribution in [3.05, 3.63) is 78.5 Å². The number of benzene rings is 2. The maximum atomic E-state index is 13.2. The van der Waals surface area contributed by atoms with Crippen LogP contribution in [0.3, 0.4) is 0 Å². The smallest absolute Gasteiger partial charge is 0.224 e. The lowest BCUT2D eigenvalue weighted by Crippen LogP contribution is -2.47. The van der Waals surface area contributed by atoms with Crippen molar-refractivity contribution in [1.29, 1.82) is 0 Å². The molecule has 5 rings (SSSR count). The molecule has 1 fully saturated rings. The number of nitrogens with one attached hydrogen (secondary N) is 1. The first kappa shape index (κ1) is 19.5. The van der Waals surface area contributed by atoms with Crippen molar-refractivity contribution in [3.63, 3.8) is 0 Å². The first-order chi connectivity index (χ1) is 15.2. The zero-order valence-electron chi connectivity index (χ0n) is 17.3. The van der Waals surface area contributed by atoms with Crippen LogP contribution in [-0.4, -0.2) is 46.0 Å². The Hall–Kier alpha value is -3.45. The minimum atomic E-state index is -0.199. The van der Waals surface area contributed by atoms with Crippen LogP contribution in [0, 0.1) is 5.82 Å². The van der Waals surface area contributed by atoms with Crippen LogP contribution in [0.4, 0.5) is 10.2 Å². The second kappa shape index (κ2) is 8.35. The second-order valence-electron chi connectivity index (χ2n) is 7.76. The van der Waals surface area contributed by atoms with E-state index in [0.29, 0.717) is 5.88 Å². The molecule has 0 aliphatic carbocycles. The summed E-state index contributed by atoms with van der Waals surface area (Å²) < 4.78 is 19.3. The summed E-state index contributed by atoms with van der Waals surface area (Å²) in [7, 11) is 0. The van der Waals surface area contributed by atoms with Crippen molar-refractivity contribution in [2.75, 3.05) is 31.1 Å². The Labute approximate surface area is 180 Å². The summed E-state index contributed by atoms with van der Waals surface area (Å²) >= 11 is 0. The van der Waals surface area contributed by atoms with Crippen molar-refractivity contribution in [2.45, 2.75) is 13.0 Å². The molecule has 158 valence electrons. The summed E-state index contributed by atoms with van der Waals surface area (Å²) in [4.78, 5) is 16.6. The summed E-state index contributed by atoms with van der Waals surface area (Å²) in [6, 6.07) is 16.8. The molecule has 1 unspecified atom stereocenters. The van der Waals surface area contributed by atoms with Gasteiger partial charge >= 0.3 is 0 Å². The molecule has 1 aliphatic heterocycles. The van der Waals surface area contributed by atoms with Crippen LogP contribution in [0.5, 0.6) is 11.6 Å². The molecule has 1 N–H and O–H groups in total. The van der Waals surface area contributed by atoms with Gasteiger partial charge in [0.15, 0.2) is 0 Å². The maximum Gasteiger partial charge on any atom is 0.224 e. The third-order valence-corrected chi connectivity index (χ3v) is 5.94. The van der Waals surface area contributed by atoms with Gasteiger partial charge in [-0.3, -0.25) is 4.90 Å². The van der Waals surface area contributed by atoms with Crippen molar-refractivity contribution in [1.82, 2.24) is 19.9 Å². The van der Waals surface area contributed by atoms with Gasteiger partial charge in [0.1, 0.15) is 23.7 Å². The quantitative estimate of drug-likeness (QED) is 0.507. The Morgan fingerprint density at radius 2 is 1.81 bits per heavy atom. The van der Waals surface area contributed by atoms with Gasteiger partial charge in [0.2, 0.25) is 5.88 Å². The third kappa shape index (κ3) is 4.09. The van der Waals surface area contributed by atoms with Gasteiger partial charge < -0.3 is 14.6 Å². The van der Waals surface area contributed by atoms with Gasteiger partial charge in [0, 0.05) is 55.4 Å². The van der Waals surface area contributed by atoms with Gasteiger partial charge in [-0.15, -0.1) is 0 Å².